The minimum atomic E-state index is 0. The lowest BCUT2D eigenvalue weighted by Gasteiger charge is -2.28. The van der Waals surface area contributed by atoms with E-state index in [1.807, 2.05) is 0 Å². The average Bonchev–Trinajstić information content (AvgIpc) is 2.07. The molecule has 5 heteroatoms. The predicted octanol–water partition coefficient (Wildman–Crippen LogP) is 1.02. The van der Waals surface area contributed by atoms with Gasteiger partial charge in [0.25, 0.3) is 0 Å². The second kappa shape index (κ2) is 8.58. The second-order valence-corrected chi connectivity index (χ2v) is 3.03. The highest BCUT2D eigenvalue weighted by atomic mass is 35.5. The van der Waals surface area contributed by atoms with Crippen LogP contribution in [0.3, 0.4) is 0 Å². The molecule has 2 N–H and O–H groups in total. The summed E-state index contributed by atoms with van der Waals surface area (Å²) in [5.74, 6) is 0.295. The Morgan fingerprint density at radius 3 is 2.23 bits per heavy atom. The maximum Gasteiger partial charge on any atom is 0.0656 e. The third-order valence-electron chi connectivity index (χ3n) is 2.22. The van der Waals surface area contributed by atoms with E-state index >= 15 is 0 Å². The van der Waals surface area contributed by atoms with E-state index in [9.17, 15) is 0 Å². The van der Waals surface area contributed by atoms with Crippen LogP contribution in [0.15, 0.2) is 0 Å². The lowest BCUT2D eigenvalue weighted by atomic mass is 9.99. The van der Waals surface area contributed by atoms with Gasteiger partial charge in [-0.15, -0.1) is 24.8 Å². The van der Waals surface area contributed by atoms with E-state index in [1.54, 1.807) is 0 Å². The zero-order valence-corrected chi connectivity index (χ0v) is 9.24. The summed E-state index contributed by atoms with van der Waals surface area (Å²) >= 11 is 0. The van der Waals surface area contributed by atoms with E-state index in [0.29, 0.717) is 5.92 Å². The van der Waals surface area contributed by atoms with Crippen LogP contribution in [-0.4, -0.2) is 31.1 Å². The van der Waals surface area contributed by atoms with Crippen LogP contribution in [0.2, 0.25) is 0 Å². The molecule has 1 saturated heterocycles. The fraction of sp³-hybridized carbons (Fsp3) is 0.875. The molecule has 0 unspecified atom stereocenters. The summed E-state index contributed by atoms with van der Waals surface area (Å²) < 4.78 is 0. The van der Waals surface area contributed by atoms with Gasteiger partial charge < -0.3 is 10.6 Å². The van der Waals surface area contributed by atoms with Crippen molar-refractivity contribution in [3.63, 3.8) is 0 Å². The summed E-state index contributed by atoms with van der Waals surface area (Å²) in [5.41, 5.74) is 5.42. The topological polar surface area (TPSA) is 53.0 Å². The summed E-state index contributed by atoms with van der Waals surface area (Å²) in [5, 5.41) is 8.61. The zero-order valence-electron chi connectivity index (χ0n) is 7.61. The molecular formula is C8H17Cl2N3. The molecule has 78 valence electrons. The molecule has 0 bridgehead atoms. The first-order valence-corrected chi connectivity index (χ1v) is 4.19. The third kappa shape index (κ3) is 5.33. The predicted molar refractivity (Wildman–Crippen MR) is 58.3 cm³/mol. The lowest BCUT2D eigenvalue weighted by molar-refractivity contribution is 0.211. The summed E-state index contributed by atoms with van der Waals surface area (Å²) in [4.78, 5) is 2.33. The molecule has 0 radical (unpaired) electrons. The molecule has 0 saturated carbocycles. The maximum atomic E-state index is 8.61. The average molecular weight is 226 g/mol. The highest BCUT2D eigenvalue weighted by Crippen LogP contribution is 2.14. The quantitative estimate of drug-likeness (QED) is 0.764. The van der Waals surface area contributed by atoms with Gasteiger partial charge in [-0.05, 0) is 25.9 Å². The normalized spacial score (nSPS) is 18.2. The number of rotatable bonds is 2. The van der Waals surface area contributed by atoms with Gasteiger partial charge in [0.2, 0.25) is 0 Å². The van der Waals surface area contributed by atoms with Gasteiger partial charge in [0.1, 0.15) is 0 Å². The van der Waals surface area contributed by atoms with Crippen molar-refractivity contribution in [1.82, 2.24) is 4.90 Å². The van der Waals surface area contributed by atoms with Crippen molar-refractivity contribution >= 4 is 24.8 Å². The van der Waals surface area contributed by atoms with Crippen LogP contribution < -0.4 is 5.73 Å². The van der Waals surface area contributed by atoms with Gasteiger partial charge in [0.05, 0.1) is 6.07 Å². The van der Waals surface area contributed by atoms with Gasteiger partial charge in [-0.2, -0.15) is 5.26 Å². The van der Waals surface area contributed by atoms with E-state index in [0.717, 1.165) is 39.0 Å². The lowest BCUT2D eigenvalue weighted by Crippen LogP contribution is -2.36. The molecule has 0 aliphatic carbocycles. The first kappa shape index (κ1) is 15.5. The molecule has 0 aromatic heterocycles. The van der Waals surface area contributed by atoms with Gasteiger partial charge in [0.15, 0.2) is 0 Å². The molecule has 1 rings (SSSR count). The Hall–Kier alpha value is -0.0100. The number of piperidine rings is 1. The molecule has 0 spiro atoms. The highest BCUT2D eigenvalue weighted by molar-refractivity contribution is 5.85. The molecule has 1 heterocycles. The van der Waals surface area contributed by atoms with Crippen LogP contribution in [0.25, 0.3) is 0 Å². The Balaban J connectivity index is 0. The molecule has 13 heavy (non-hydrogen) atoms. The summed E-state index contributed by atoms with van der Waals surface area (Å²) in [6, 6.07) is 2.31. The molecule has 0 aromatic rings. The Bertz CT molecular complexity index is 150. The number of likely N-dealkylation sites (tertiary alicyclic amines) is 1. The minimum absolute atomic E-state index is 0. The summed E-state index contributed by atoms with van der Waals surface area (Å²) in [7, 11) is 0. The first-order valence-electron chi connectivity index (χ1n) is 4.19. The van der Waals surface area contributed by atoms with Crippen molar-refractivity contribution in [3.8, 4) is 6.07 Å². The molecule has 0 atom stereocenters. The molecule has 1 fully saturated rings. The highest BCUT2D eigenvalue weighted by Gasteiger charge is 2.17. The van der Waals surface area contributed by atoms with Gasteiger partial charge in [-0.1, -0.05) is 0 Å². The van der Waals surface area contributed by atoms with E-state index in [1.165, 1.54) is 0 Å². The summed E-state index contributed by atoms with van der Waals surface area (Å²) in [6.45, 7) is 3.82. The zero-order chi connectivity index (χ0) is 8.10. The minimum Gasteiger partial charge on any atom is -0.329 e. The molecule has 0 amide bonds. The van der Waals surface area contributed by atoms with Crippen molar-refractivity contribution < 1.29 is 0 Å². The standard InChI is InChI=1S/C8H15N3.2ClH/c9-3-6-11-4-1-8(7-10)2-5-11;;/h8H,1-6,9H2;2*1H. The van der Waals surface area contributed by atoms with E-state index in [-0.39, 0.29) is 24.8 Å². The third-order valence-corrected chi connectivity index (χ3v) is 2.22. The molecule has 0 aromatic carbocycles. The maximum absolute atomic E-state index is 8.61. The van der Waals surface area contributed by atoms with Crippen LogP contribution in [0.5, 0.6) is 0 Å². The van der Waals surface area contributed by atoms with E-state index in [2.05, 4.69) is 11.0 Å². The Kier molecular flexibility index (Phi) is 10.2. The molecule has 3 nitrogen and oxygen atoms in total. The number of hydrogen-bond donors (Lipinski definition) is 1. The van der Waals surface area contributed by atoms with Crippen LogP contribution in [0.1, 0.15) is 12.8 Å². The first-order chi connectivity index (χ1) is 5.36. The van der Waals surface area contributed by atoms with Gasteiger partial charge in [-0.25, -0.2) is 0 Å². The molecule has 1 aliphatic heterocycles. The van der Waals surface area contributed by atoms with Gasteiger partial charge in [-0.3, -0.25) is 0 Å². The number of nitrogens with zero attached hydrogens (tertiary/aromatic N) is 2. The van der Waals surface area contributed by atoms with Crippen LogP contribution in [-0.2, 0) is 0 Å². The van der Waals surface area contributed by atoms with Crippen LogP contribution in [0.4, 0.5) is 0 Å². The monoisotopic (exact) mass is 225 g/mol. The second-order valence-electron chi connectivity index (χ2n) is 3.03. The Morgan fingerprint density at radius 2 is 1.85 bits per heavy atom. The Morgan fingerprint density at radius 1 is 1.31 bits per heavy atom. The van der Waals surface area contributed by atoms with Gasteiger partial charge >= 0.3 is 0 Å². The van der Waals surface area contributed by atoms with Crippen molar-refractivity contribution in [2.75, 3.05) is 26.2 Å². The Labute approximate surface area is 92.1 Å². The van der Waals surface area contributed by atoms with Crippen molar-refractivity contribution in [2.45, 2.75) is 12.8 Å². The van der Waals surface area contributed by atoms with E-state index < -0.39 is 0 Å². The fourth-order valence-corrected chi connectivity index (χ4v) is 1.47. The van der Waals surface area contributed by atoms with Crippen molar-refractivity contribution in [1.29, 1.82) is 5.26 Å². The summed E-state index contributed by atoms with van der Waals surface area (Å²) in [6.07, 6.45) is 2.05. The largest absolute Gasteiger partial charge is 0.329 e. The smallest absolute Gasteiger partial charge is 0.0656 e. The SMILES string of the molecule is Cl.Cl.N#CC1CCN(CCN)CC1. The number of halogens is 2. The number of nitriles is 1. The number of hydrogen-bond acceptors (Lipinski definition) is 3. The van der Waals surface area contributed by atoms with Crippen LogP contribution in [0, 0.1) is 17.2 Å². The molecule has 1 aliphatic rings. The fourth-order valence-electron chi connectivity index (χ4n) is 1.47. The van der Waals surface area contributed by atoms with Gasteiger partial charge in [0, 0.05) is 19.0 Å². The van der Waals surface area contributed by atoms with Crippen LogP contribution >= 0.6 is 24.8 Å². The number of nitrogens with two attached hydrogens (primary N) is 1. The molecular weight excluding hydrogens is 209 g/mol. The van der Waals surface area contributed by atoms with E-state index in [4.69, 9.17) is 11.0 Å². The van der Waals surface area contributed by atoms with Crippen molar-refractivity contribution in [3.05, 3.63) is 0 Å². The van der Waals surface area contributed by atoms with Crippen molar-refractivity contribution in [2.24, 2.45) is 11.7 Å².